The highest BCUT2D eigenvalue weighted by Crippen LogP contribution is 2.46. The van der Waals surface area contributed by atoms with Crippen LogP contribution in [0.15, 0.2) is 24.3 Å². The van der Waals surface area contributed by atoms with Crippen LogP contribution in [0.1, 0.15) is 36.8 Å². The predicted octanol–water partition coefficient (Wildman–Crippen LogP) is 2.46. The van der Waals surface area contributed by atoms with Crippen molar-refractivity contribution >= 4 is 11.9 Å². The first-order valence-corrected chi connectivity index (χ1v) is 9.90. The summed E-state index contributed by atoms with van der Waals surface area (Å²) in [4.78, 5) is 23.7. The highest BCUT2D eigenvalue weighted by molar-refractivity contribution is 6.27. The van der Waals surface area contributed by atoms with Gasteiger partial charge in [0.05, 0.1) is 0 Å². The second kappa shape index (κ2) is 8.85. The van der Waals surface area contributed by atoms with Crippen LogP contribution in [0.4, 0.5) is 0 Å². The second-order valence-electron chi connectivity index (χ2n) is 8.15. The van der Waals surface area contributed by atoms with E-state index in [1.807, 2.05) is 0 Å². The maximum atomic E-state index is 9.10. The molecule has 6 heteroatoms. The Morgan fingerprint density at radius 2 is 1.74 bits per heavy atom. The summed E-state index contributed by atoms with van der Waals surface area (Å²) in [6.45, 7) is 8.41. The van der Waals surface area contributed by atoms with Gasteiger partial charge in [-0.3, -0.25) is 9.80 Å². The summed E-state index contributed by atoms with van der Waals surface area (Å²) in [6, 6.07) is 9.93. The van der Waals surface area contributed by atoms with Crippen molar-refractivity contribution in [2.75, 3.05) is 26.2 Å². The smallest absolute Gasteiger partial charge is 0.414 e. The minimum atomic E-state index is -1.82. The molecule has 2 N–H and O–H groups in total. The van der Waals surface area contributed by atoms with E-state index in [1.54, 1.807) is 0 Å². The maximum Gasteiger partial charge on any atom is 0.414 e. The third kappa shape index (κ3) is 5.30. The number of fused-ring (bicyclic) bond motifs is 2. The number of hydrogen-bond acceptors (Lipinski definition) is 4. The average Bonchev–Trinajstić information content (AvgIpc) is 3.26. The van der Waals surface area contributed by atoms with Gasteiger partial charge in [0.2, 0.25) is 0 Å². The molecule has 0 radical (unpaired) electrons. The van der Waals surface area contributed by atoms with Crippen molar-refractivity contribution in [3.63, 3.8) is 0 Å². The van der Waals surface area contributed by atoms with Crippen LogP contribution in [0.5, 0.6) is 0 Å². The molecule has 27 heavy (non-hydrogen) atoms. The number of carboxylic acid groups (broad SMARTS) is 2. The lowest BCUT2D eigenvalue weighted by atomic mass is 9.93. The summed E-state index contributed by atoms with van der Waals surface area (Å²) >= 11 is 0. The molecule has 3 atom stereocenters. The van der Waals surface area contributed by atoms with Crippen molar-refractivity contribution in [3.05, 3.63) is 35.4 Å². The van der Waals surface area contributed by atoms with Gasteiger partial charge >= 0.3 is 11.9 Å². The highest BCUT2D eigenvalue weighted by Gasteiger charge is 2.42. The molecule has 1 heterocycles. The van der Waals surface area contributed by atoms with Crippen molar-refractivity contribution < 1.29 is 19.8 Å². The van der Waals surface area contributed by atoms with E-state index in [9.17, 15) is 0 Å². The van der Waals surface area contributed by atoms with E-state index in [4.69, 9.17) is 19.8 Å². The van der Waals surface area contributed by atoms with Crippen LogP contribution in [0, 0.1) is 18.8 Å². The summed E-state index contributed by atoms with van der Waals surface area (Å²) in [6.07, 6.45) is 6.07. The molecule has 1 aliphatic heterocycles. The molecule has 1 aromatic carbocycles. The van der Waals surface area contributed by atoms with Crippen LogP contribution in [-0.4, -0.2) is 64.2 Å². The number of carboxylic acids is 2. The lowest BCUT2D eigenvalue weighted by Gasteiger charge is -2.41. The normalized spacial score (nSPS) is 27.8. The largest absolute Gasteiger partial charge is 0.473 e. The van der Waals surface area contributed by atoms with E-state index in [0.717, 1.165) is 24.4 Å². The minimum absolute atomic E-state index is 0.935. The Balaban J connectivity index is 0.000000307. The van der Waals surface area contributed by atoms with E-state index < -0.39 is 11.9 Å². The van der Waals surface area contributed by atoms with Crippen molar-refractivity contribution in [1.82, 2.24) is 9.80 Å². The van der Waals surface area contributed by atoms with Gasteiger partial charge in [0, 0.05) is 38.8 Å². The Labute approximate surface area is 160 Å². The van der Waals surface area contributed by atoms with Gasteiger partial charge in [-0.15, -0.1) is 0 Å². The van der Waals surface area contributed by atoms with Crippen molar-refractivity contribution in [1.29, 1.82) is 0 Å². The first-order chi connectivity index (χ1) is 12.9. The number of aryl methyl sites for hydroxylation is 1. The summed E-state index contributed by atoms with van der Waals surface area (Å²) < 4.78 is 0. The first kappa shape index (κ1) is 19.8. The first-order valence-electron chi connectivity index (χ1n) is 9.90. The van der Waals surface area contributed by atoms with E-state index in [0.29, 0.717) is 0 Å². The molecule has 0 aromatic heterocycles. The third-order valence-electron chi connectivity index (χ3n) is 6.25. The maximum absolute atomic E-state index is 9.10. The van der Waals surface area contributed by atoms with Crippen LogP contribution in [-0.2, 0) is 16.1 Å². The molecule has 0 amide bonds. The van der Waals surface area contributed by atoms with Gasteiger partial charge in [0.25, 0.3) is 0 Å². The molecule has 1 aromatic rings. The quantitative estimate of drug-likeness (QED) is 0.791. The Morgan fingerprint density at radius 1 is 1.04 bits per heavy atom. The zero-order chi connectivity index (χ0) is 19.4. The molecule has 6 nitrogen and oxygen atoms in total. The summed E-state index contributed by atoms with van der Waals surface area (Å²) in [5.41, 5.74) is 2.86. The zero-order valence-corrected chi connectivity index (χ0v) is 16.0. The average molecular weight is 374 g/mol. The fourth-order valence-corrected chi connectivity index (χ4v) is 4.98. The van der Waals surface area contributed by atoms with Crippen LogP contribution in [0.2, 0.25) is 0 Å². The number of carbonyl (C=O) groups is 2. The van der Waals surface area contributed by atoms with Gasteiger partial charge in [0.15, 0.2) is 0 Å². The van der Waals surface area contributed by atoms with Gasteiger partial charge in [-0.1, -0.05) is 36.2 Å². The number of aliphatic carboxylic acids is 2. The SMILES string of the molecule is Cc1cccc(CN2CCN(C3CC4CCC3C4)CC2)c1.O=C(O)C(=O)O. The highest BCUT2D eigenvalue weighted by atomic mass is 16.4. The monoisotopic (exact) mass is 374 g/mol. The molecule has 2 bridgehead atoms. The molecule has 3 aliphatic rings. The van der Waals surface area contributed by atoms with Gasteiger partial charge in [-0.2, -0.15) is 0 Å². The molecule has 148 valence electrons. The van der Waals surface area contributed by atoms with Gasteiger partial charge in [-0.05, 0) is 43.6 Å². The number of benzene rings is 1. The van der Waals surface area contributed by atoms with Gasteiger partial charge in [0.1, 0.15) is 0 Å². The molecule has 0 spiro atoms. The Kier molecular flexibility index (Phi) is 6.50. The van der Waals surface area contributed by atoms with Gasteiger partial charge in [-0.25, -0.2) is 9.59 Å². The summed E-state index contributed by atoms with van der Waals surface area (Å²) in [5, 5.41) is 14.8. The number of hydrogen-bond donors (Lipinski definition) is 2. The zero-order valence-electron chi connectivity index (χ0n) is 16.0. The Morgan fingerprint density at radius 3 is 2.26 bits per heavy atom. The van der Waals surface area contributed by atoms with Crippen LogP contribution in [0.25, 0.3) is 0 Å². The third-order valence-corrected chi connectivity index (χ3v) is 6.25. The van der Waals surface area contributed by atoms with E-state index >= 15 is 0 Å². The van der Waals surface area contributed by atoms with E-state index in [2.05, 4.69) is 41.0 Å². The topological polar surface area (TPSA) is 81.1 Å². The molecule has 2 saturated carbocycles. The van der Waals surface area contributed by atoms with Crippen molar-refractivity contribution in [2.45, 2.75) is 45.2 Å². The number of nitrogens with zero attached hydrogens (tertiary/aromatic N) is 2. The van der Waals surface area contributed by atoms with Crippen molar-refractivity contribution in [3.8, 4) is 0 Å². The standard InChI is InChI=1S/C19H28N2.C2H2O4/c1-15-3-2-4-17(11-15)14-20-7-9-21(10-8-20)19-13-16-5-6-18(19)12-16;3-1(4)2(5)6/h2-4,11,16,18-19H,5-10,12-14H2,1H3;(H,3,4)(H,5,6). The molecule has 2 aliphatic carbocycles. The molecule has 3 fully saturated rings. The predicted molar refractivity (Wildman–Crippen MR) is 103 cm³/mol. The fourth-order valence-electron chi connectivity index (χ4n) is 4.98. The van der Waals surface area contributed by atoms with E-state index in [1.165, 1.54) is 63.0 Å². The Hall–Kier alpha value is -1.92. The summed E-state index contributed by atoms with van der Waals surface area (Å²) in [7, 11) is 0. The van der Waals surface area contributed by atoms with Crippen LogP contribution < -0.4 is 0 Å². The lowest BCUT2D eigenvalue weighted by Crippen LogP contribution is -2.51. The molecular formula is C21H30N2O4. The van der Waals surface area contributed by atoms with E-state index in [-0.39, 0.29) is 0 Å². The summed E-state index contributed by atoms with van der Waals surface area (Å²) in [5.74, 6) is -1.53. The Bertz CT molecular complexity index is 658. The fraction of sp³-hybridized carbons (Fsp3) is 0.619. The molecular weight excluding hydrogens is 344 g/mol. The number of piperazine rings is 1. The molecule has 4 rings (SSSR count). The molecule has 1 saturated heterocycles. The van der Waals surface area contributed by atoms with Crippen LogP contribution >= 0.6 is 0 Å². The van der Waals surface area contributed by atoms with Crippen LogP contribution in [0.3, 0.4) is 0 Å². The molecule has 3 unspecified atom stereocenters. The lowest BCUT2D eigenvalue weighted by molar-refractivity contribution is -0.159. The minimum Gasteiger partial charge on any atom is -0.473 e. The number of rotatable bonds is 3. The van der Waals surface area contributed by atoms with Crippen molar-refractivity contribution in [2.24, 2.45) is 11.8 Å². The second-order valence-corrected chi connectivity index (χ2v) is 8.15. The van der Waals surface area contributed by atoms with Gasteiger partial charge < -0.3 is 10.2 Å².